The van der Waals surface area contributed by atoms with Crippen LogP contribution in [0, 0.1) is 0 Å². The van der Waals surface area contributed by atoms with Crippen molar-refractivity contribution in [2.45, 2.75) is 124 Å². The fraction of sp³-hybridized carbons (Fsp3) is 1.00. The van der Waals surface area contributed by atoms with E-state index in [2.05, 4.69) is 42.3 Å². The lowest BCUT2D eigenvalue weighted by molar-refractivity contribution is 0.589. The number of nitrogens with one attached hydrogen (secondary N) is 3. The molecule has 0 saturated carbocycles. The van der Waals surface area contributed by atoms with Gasteiger partial charge in [0.1, 0.15) is 0 Å². The van der Waals surface area contributed by atoms with Crippen LogP contribution < -0.4 is 14.9 Å². The lowest BCUT2D eigenvalue weighted by atomic mass is 10.2. The average molecular weight is 386 g/mol. The number of rotatable bonds is 21. The van der Waals surface area contributed by atoms with E-state index in [0.29, 0.717) is 0 Å². The molecule has 158 valence electrons. The first-order chi connectivity index (χ1) is 12.7. The fourth-order valence-electron chi connectivity index (χ4n) is 3.39. The summed E-state index contributed by atoms with van der Waals surface area (Å²) in [5.74, 6) is 0. The van der Waals surface area contributed by atoms with Gasteiger partial charge in [-0.15, -0.1) is 0 Å². The average Bonchev–Trinajstić information content (AvgIpc) is 2.64. The highest BCUT2D eigenvalue weighted by molar-refractivity contribution is 6.71. The van der Waals surface area contributed by atoms with Crippen LogP contribution in [0.4, 0.5) is 0 Å². The smallest absolute Gasteiger partial charge is 0.278 e. The van der Waals surface area contributed by atoms with Gasteiger partial charge in [-0.2, -0.15) is 0 Å². The molecular weight excluding hydrogens is 334 g/mol. The number of unbranched alkanes of at least 4 members (excludes halogenated alkanes) is 12. The van der Waals surface area contributed by atoms with Crippen LogP contribution in [-0.4, -0.2) is 28.2 Å². The van der Waals surface area contributed by atoms with Gasteiger partial charge in [-0.05, 0) is 45.4 Å². The molecule has 3 nitrogen and oxygen atoms in total. The van der Waals surface area contributed by atoms with Crippen molar-refractivity contribution in [1.82, 2.24) is 14.9 Å². The van der Waals surface area contributed by atoms with Gasteiger partial charge in [0.25, 0.3) is 8.56 Å². The van der Waals surface area contributed by atoms with Gasteiger partial charge in [-0.1, -0.05) is 97.8 Å². The van der Waals surface area contributed by atoms with Crippen molar-refractivity contribution in [2.24, 2.45) is 0 Å². The highest BCUT2D eigenvalue weighted by Crippen LogP contribution is 2.05. The molecule has 0 bridgehead atoms. The summed E-state index contributed by atoms with van der Waals surface area (Å²) in [6, 6.07) is 0. The Balaban J connectivity index is 4.02. The first-order valence-electron chi connectivity index (χ1n) is 11.9. The molecule has 4 heteroatoms. The molecule has 0 saturated heterocycles. The van der Waals surface area contributed by atoms with Crippen LogP contribution in [0.3, 0.4) is 0 Å². The molecule has 0 aromatic carbocycles. The summed E-state index contributed by atoms with van der Waals surface area (Å²) in [6.07, 6.45) is 20.4. The van der Waals surface area contributed by atoms with Gasteiger partial charge in [0.05, 0.1) is 0 Å². The maximum Gasteiger partial charge on any atom is 0.278 e. The topological polar surface area (TPSA) is 36.1 Å². The lowest BCUT2D eigenvalue weighted by Crippen LogP contribution is -2.70. The normalized spacial score (nSPS) is 12.0. The van der Waals surface area contributed by atoms with E-state index in [1.54, 1.807) is 0 Å². The van der Waals surface area contributed by atoms with E-state index in [0.717, 1.165) is 19.6 Å². The molecule has 0 fully saturated rings. The Kier molecular flexibility index (Phi) is 19.9. The van der Waals surface area contributed by atoms with Gasteiger partial charge < -0.3 is 14.9 Å². The van der Waals surface area contributed by atoms with Crippen LogP contribution in [0.5, 0.6) is 0 Å². The lowest BCUT2D eigenvalue weighted by Gasteiger charge is -2.30. The second-order valence-corrected chi connectivity index (χ2v) is 11.5. The van der Waals surface area contributed by atoms with E-state index in [-0.39, 0.29) is 0 Å². The molecule has 0 aliphatic rings. The van der Waals surface area contributed by atoms with Crippen LogP contribution in [-0.2, 0) is 0 Å². The minimum atomic E-state index is -1.70. The van der Waals surface area contributed by atoms with Gasteiger partial charge in [0.2, 0.25) is 0 Å². The molecule has 0 spiro atoms. The van der Waals surface area contributed by atoms with Crippen LogP contribution in [0.25, 0.3) is 0 Å². The molecule has 0 heterocycles. The summed E-state index contributed by atoms with van der Waals surface area (Å²) in [7, 11) is -1.70. The van der Waals surface area contributed by atoms with E-state index in [1.807, 2.05) is 0 Å². The zero-order chi connectivity index (χ0) is 19.3. The molecular formula is C22H51N3Si. The highest BCUT2D eigenvalue weighted by Gasteiger charge is 2.25. The van der Waals surface area contributed by atoms with Crippen molar-refractivity contribution in [3.63, 3.8) is 0 Å². The molecule has 0 rings (SSSR count). The van der Waals surface area contributed by atoms with E-state index in [1.165, 1.54) is 96.3 Å². The first kappa shape index (κ1) is 26.1. The van der Waals surface area contributed by atoms with Crippen molar-refractivity contribution in [1.29, 1.82) is 0 Å². The predicted molar refractivity (Wildman–Crippen MR) is 122 cm³/mol. The van der Waals surface area contributed by atoms with Gasteiger partial charge >= 0.3 is 0 Å². The second-order valence-electron chi connectivity index (χ2n) is 8.15. The first-order valence-corrected chi connectivity index (χ1v) is 14.4. The SMILES string of the molecule is CCCCCCCN[Si](C)(NCCCCCCC)NCCCCCCC. The molecule has 0 amide bonds. The Labute approximate surface area is 167 Å². The molecule has 0 aliphatic heterocycles. The summed E-state index contributed by atoms with van der Waals surface area (Å²) >= 11 is 0. The molecule has 0 radical (unpaired) electrons. The Morgan fingerprint density at radius 3 is 0.962 bits per heavy atom. The standard InChI is InChI=1S/C22H51N3Si/c1-5-8-11-14-17-20-23-26(4,24-21-18-15-12-9-6-2)25-22-19-16-13-10-7-3/h23-25H,5-22H2,1-4H3. The maximum absolute atomic E-state index is 3.89. The third-order valence-corrected chi connectivity index (χ3v) is 8.15. The summed E-state index contributed by atoms with van der Waals surface area (Å²) in [4.78, 5) is 11.7. The Morgan fingerprint density at radius 1 is 0.423 bits per heavy atom. The van der Waals surface area contributed by atoms with E-state index in [9.17, 15) is 0 Å². The molecule has 0 aliphatic carbocycles. The summed E-state index contributed by atoms with van der Waals surface area (Å²) < 4.78 is 0. The summed E-state index contributed by atoms with van der Waals surface area (Å²) in [6.45, 7) is 12.8. The molecule has 0 atom stereocenters. The minimum absolute atomic E-state index is 1.16. The van der Waals surface area contributed by atoms with Crippen LogP contribution in [0.2, 0.25) is 6.55 Å². The zero-order valence-electron chi connectivity index (χ0n) is 18.7. The third kappa shape index (κ3) is 17.5. The predicted octanol–water partition coefficient (Wildman–Crippen LogP) is 6.24. The van der Waals surface area contributed by atoms with Crippen molar-refractivity contribution in [2.75, 3.05) is 19.6 Å². The summed E-state index contributed by atoms with van der Waals surface area (Å²) in [5.41, 5.74) is 0. The maximum atomic E-state index is 3.89. The van der Waals surface area contributed by atoms with Crippen molar-refractivity contribution in [3.05, 3.63) is 0 Å². The van der Waals surface area contributed by atoms with Crippen molar-refractivity contribution < 1.29 is 0 Å². The number of hydrogen-bond acceptors (Lipinski definition) is 3. The van der Waals surface area contributed by atoms with E-state index in [4.69, 9.17) is 0 Å². The molecule has 3 N–H and O–H groups in total. The quantitative estimate of drug-likeness (QED) is 0.162. The van der Waals surface area contributed by atoms with Crippen molar-refractivity contribution in [3.8, 4) is 0 Å². The zero-order valence-corrected chi connectivity index (χ0v) is 19.7. The van der Waals surface area contributed by atoms with Gasteiger partial charge in [0.15, 0.2) is 0 Å². The highest BCUT2D eigenvalue weighted by atomic mass is 28.4. The molecule has 0 aromatic rings. The fourth-order valence-corrected chi connectivity index (χ4v) is 5.79. The largest absolute Gasteiger partial charge is 0.313 e. The number of hydrogen-bond donors (Lipinski definition) is 3. The minimum Gasteiger partial charge on any atom is -0.313 e. The molecule has 26 heavy (non-hydrogen) atoms. The second kappa shape index (κ2) is 19.8. The Morgan fingerprint density at radius 2 is 0.692 bits per heavy atom. The van der Waals surface area contributed by atoms with Crippen LogP contribution in [0.1, 0.15) is 117 Å². The van der Waals surface area contributed by atoms with Gasteiger partial charge in [-0.25, -0.2) is 0 Å². The van der Waals surface area contributed by atoms with Gasteiger partial charge in [0, 0.05) is 0 Å². The van der Waals surface area contributed by atoms with Gasteiger partial charge in [-0.3, -0.25) is 0 Å². The Hall–Kier alpha value is 0.0969. The third-order valence-electron chi connectivity index (χ3n) is 5.28. The Bertz CT molecular complexity index is 233. The van der Waals surface area contributed by atoms with Crippen LogP contribution >= 0.6 is 0 Å². The summed E-state index contributed by atoms with van der Waals surface area (Å²) in [5, 5.41) is 0. The van der Waals surface area contributed by atoms with Crippen molar-refractivity contribution >= 4 is 8.56 Å². The monoisotopic (exact) mass is 385 g/mol. The van der Waals surface area contributed by atoms with E-state index >= 15 is 0 Å². The molecule has 0 unspecified atom stereocenters. The molecule has 0 aromatic heterocycles. The van der Waals surface area contributed by atoms with Crippen LogP contribution in [0.15, 0.2) is 0 Å². The van der Waals surface area contributed by atoms with E-state index < -0.39 is 8.56 Å².